The van der Waals surface area contributed by atoms with E-state index in [4.69, 9.17) is 0 Å². The standard InChI is InChI=1S/C15H20BrN3O2/c1-10(2)15(21)19-7-3-4-11(9-19)14(20)18-13-6-5-12(16)8-17-13/h5-6,8,10-11H,3-4,7,9H2,1-2H3,(H,17,18,20). The second-order valence-electron chi connectivity index (χ2n) is 5.63. The number of rotatable bonds is 3. The highest BCUT2D eigenvalue weighted by molar-refractivity contribution is 9.10. The second kappa shape index (κ2) is 7.02. The van der Waals surface area contributed by atoms with Crippen molar-refractivity contribution in [2.24, 2.45) is 11.8 Å². The Morgan fingerprint density at radius 1 is 1.43 bits per heavy atom. The maximum Gasteiger partial charge on any atom is 0.230 e. The van der Waals surface area contributed by atoms with E-state index in [1.807, 2.05) is 19.9 Å². The number of likely N-dealkylation sites (tertiary alicyclic amines) is 1. The lowest BCUT2D eigenvalue weighted by molar-refractivity contribution is -0.137. The molecule has 1 saturated heterocycles. The molecule has 5 nitrogen and oxygen atoms in total. The number of hydrogen-bond donors (Lipinski definition) is 1. The first-order chi connectivity index (χ1) is 9.97. The molecular weight excluding hydrogens is 334 g/mol. The van der Waals surface area contributed by atoms with Gasteiger partial charge in [-0.2, -0.15) is 0 Å². The molecule has 1 aromatic heterocycles. The van der Waals surface area contributed by atoms with E-state index in [1.165, 1.54) is 0 Å². The van der Waals surface area contributed by atoms with Gasteiger partial charge in [-0.1, -0.05) is 13.8 Å². The Balaban J connectivity index is 1.96. The molecule has 0 aromatic carbocycles. The molecule has 2 rings (SSSR count). The third-order valence-electron chi connectivity index (χ3n) is 3.58. The third-order valence-corrected chi connectivity index (χ3v) is 4.05. The number of halogens is 1. The number of carbonyl (C=O) groups is 2. The predicted molar refractivity (Wildman–Crippen MR) is 84.7 cm³/mol. The number of nitrogens with zero attached hydrogens (tertiary/aromatic N) is 2. The van der Waals surface area contributed by atoms with Gasteiger partial charge in [-0.25, -0.2) is 4.98 Å². The lowest BCUT2D eigenvalue weighted by atomic mass is 9.96. The third kappa shape index (κ3) is 4.27. The van der Waals surface area contributed by atoms with Crippen LogP contribution in [0.25, 0.3) is 0 Å². The zero-order valence-electron chi connectivity index (χ0n) is 12.3. The fourth-order valence-electron chi connectivity index (χ4n) is 2.43. The quantitative estimate of drug-likeness (QED) is 0.908. The molecule has 1 aliphatic heterocycles. The summed E-state index contributed by atoms with van der Waals surface area (Å²) in [5, 5.41) is 2.82. The van der Waals surface area contributed by atoms with Gasteiger partial charge in [0, 0.05) is 29.7 Å². The van der Waals surface area contributed by atoms with Crippen molar-refractivity contribution in [1.82, 2.24) is 9.88 Å². The van der Waals surface area contributed by atoms with Crippen LogP contribution in [0, 0.1) is 11.8 Å². The Kier molecular flexibility index (Phi) is 5.33. The number of nitrogens with one attached hydrogen (secondary N) is 1. The molecule has 1 N–H and O–H groups in total. The van der Waals surface area contributed by atoms with E-state index in [2.05, 4.69) is 26.2 Å². The summed E-state index contributed by atoms with van der Waals surface area (Å²) in [6.07, 6.45) is 3.32. The minimum Gasteiger partial charge on any atom is -0.342 e. The summed E-state index contributed by atoms with van der Waals surface area (Å²) in [6, 6.07) is 3.58. The van der Waals surface area contributed by atoms with Crippen LogP contribution < -0.4 is 5.32 Å². The highest BCUT2D eigenvalue weighted by Crippen LogP contribution is 2.20. The van der Waals surface area contributed by atoms with Gasteiger partial charge in [-0.15, -0.1) is 0 Å². The number of anilines is 1. The van der Waals surface area contributed by atoms with Crippen LogP contribution in [0.5, 0.6) is 0 Å². The molecule has 114 valence electrons. The Bertz CT molecular complexity index is 516. The van der Waals surface area contributed by atoms with Crippen molar-refractivity contribution in [3.63, 3.8) is 0 Å². The largest absolute Gasteiger partial charge is 0.342 e. The number of carbonyl (C=O) groups excluding carboxylic acids is 2. The molecule has 6 heteroatoms. The molecular formula is C15H20BrN3O2. The summed E-state index contributed by atoms with van der Waals surface area (Å²) >= 11 is 3.31. The maximum atomic E-state index is 12.3. The molecule has 1 aromatic rings. The zero-order valence-corrected chi connectivity index (χ0v) is 13.9. The molecule has 0 radical (unpaired) electrons. The van der Waals surface area contributed by atoms with Gasteiger partial charge in [-0.3, -0.25) is 9.59 Å². The Labute approximate surface area is 133 Å². The number of amides is 2. The van der Waals surface area contributed by atoms with Crippen LogP contribution in [0.4, 0.5) is 5.82 Å². The summed E-state index contributed by atoms with van der Waals surface area (Å²) in [4.78, 5) is 30.3. The van der Waals surface area contributed by atoms with E-state index in [0.717, 1.165) is 23.9 Å². The van der Waals surface area contributed by atoms with Gasteiger partial charge in [0.25, 0.3) is 0 Å². The maximum absolute atomic E-state index is 12.3. The Morgan fingerprint density at radius 3 is 2.81 bits per heavy atom. The summed E-state index contributed by atoms with van der Waals surface area (Å²) in [5.74, 6) is 0.405. The first kappa shape index (κ1) is 15.9. The van der Waals surface area contributed by atoms with Crippen LogP contribution in [0.15, 0.2) is 22.8 Å². The van der Waals surface area contributed by atoms with Crippen molar-refractivity contribution in [2.45, 2.75) is 26.7 Å². The number of pyridine rings is 1. The molecule has 0 bridgehead atoms. The Hall–Kier alpha value is -1.43. The molecule has 2 heterocycles. The Morgan fingerprint density at radius 2 is 2.19 bits per heavy atom. The summed E-state index contributed by atoms with van der Waals surface area (Å²) in [7, 11) is 0. The van der Waals surface area contributed by atoms with Crippen molar-refractivity contribution in [3.8, 4) is 0 Å². The molecule has 0 saturated carbocycles. The van der Waals surface area contributed by atoms with Gasteiger partial charge in [0.05, 0.1) is 5.92 Å². The molecule has 1 atom stereocenters. The monoisotopic (exact) mass is 353 g/mol. The topological polar surface area (TPSA) is 62.3 Å². The molecule has 0 spiro atoms. The van der Waals surface area contributed by atoms with Crippen LogP contribution in [0.3, 0.4) is 0 Å². The van der Waals surface area contributed by atoms with Crippen molar-refractivity contribution >= 4 is 33.6 Å². The average Bonchev–Trinajstić information content (AvgIpc) is 2.48. The van der Waals surface area contributed by atoms with Gasteiger partial charge >= 0.3 is 0 Å². The van der Waals surface area contributed by atoms with Gasteiger partial charge in [-0.05, 0) is 40.9 Å². The van der Waals surface area contributed by atoms with Gasteiger partial charge in [0.2, 0.25) is 11.8 Å². The van der Waals surface area contributed by atoms with Crippen LogP contribution in [-0.2, 0) is 9.59 Å². The normalized spacial score (nSPS) is 18.7. The predicted octanol–water partition coefficient (Wildman–Crippen LogP) is 2.68. The fraction of sp³-hybridized carbons (Fsp3) is 0.533. The van der Waals surface area contributed by atoms with E-state index in [0.29, 0.717) is 12.4 Å². The van der Waals surface area contributed by atoms with Crippen LogP contribution in [0.2, 0.25) is 0 Å². The molecule has 1 unspecified atom stereocenters. The number of piperidine rings is 1. The first-order valence-electron chi connectivity index (χ1n) is 7.18. The van der Waals surface area contributed by atoms with Crippen molar-refractivity contribution in [3.05, 3.63) is 22.8 Å². The van der Waals surface area contributed by atoms with Crippen molar-refractivity contribution < 1.29 is 9.59 Å². The van der Waals surface area contributed by atoms with E-state index in [-0.39, 0.29) is 23.7 Å². The summed E-state index contributed by atoms with van der Waals surface area (Å²) in [6.45, 7) is 5.02. The van der Waals surface area contributed by atoms with Gasteiger partial charge < -0.3 is 10.2 Å². The average molecular weight is 354 g/mol. The number of hydrogen-bond acceptors (Lipinski definition) is 3. The van der Waals surface area contributed by atoms with Crippen LogP contribution in [0.1, 0.15) is 26.7 Å². The molecule has 0 aliphatic carbocycles. The van der Waals surface area contributed by atoms with E-state index < -0.39 is 0 Å². The summed E-state index contributed by atoms with van der Waals surface area (Å²) < 4.78 is 0.867. The lowest BCUT2D eigenvalue weighted by Crippen LogP contribution is -2.45. The molecule has 1 fully saturated rings. The van der Waals surface area contributed by atoms with Crippen molar-refractivity contribution in [1.29, 1.82) is 0 Å². The number of aromatic nitrogens is 1. The highest BCUT2D eigenvalue weighted by Gasteiger charge is 2.29. The van der Waals surface area contributed by atoms with Crippen LogP contribution in [-0.4, -0.2) is 34.8 Å². The minimum atomic E-state index is -0.160. The van der Waals surface area contributed by atoms with Crippen molar-refractivity contribution in [2.75, 3.05) is 18.4 Å². The molecule has 2 amide bonds. The zero-order chi connectivity index (χ0) is 15.4. The van der Waals surface area contributed by atoms with Gasteiger partial charge in [0.15, 0.2) is 0 Å². The SMILES string of the molecule is CC(C)C(=O)N1CCCC(C(=O)Nc2ccc(Br)cn2)C1. The fourth-order valence-corrected chi connectivity index (χ4v) is 2.67. The van der Waals surface area contributed by atoms with Gasteiger partial charge in [0.1, 0.15) is 5.82 Å². The minimum absolute atomic E-state index is 0.0278. The van der Waals surface area contributed by atoms with Crippen LogP contribution >= 0.6 is 15.9 Å². The molecule has 1 aliphatic rings. The van der Waals surface area contributed by atoms with E-state index in [9.17, 15) is 9.59 Å². The smallest absolute Gasteiger partial charge is 0.230 e. The second-order valence-corrected chi connectivity index (χ2v) is 6.54. The highest BCUT2D eigenvalue weighted by atomic mass is 79.9. The van der Waals surface area contributed by atoms with E-state index >= 15 is 0 Å². The summed E-state index contributed by atoms with van der Waals surface area (Å²) in [5.41, 5.74) is 0. The molecule has 21 heavy (non-hydrogen) atoms. The first-order valence-corrected chi connectivity index (χ1v) is 7.98. The lowest BCUT2D eigenvalue weighted by Gasteiger charge is -2.33. The van der Waals surface area contributed by atoms with E-state index in [1.54, 1.807) is 17.2 Å².